The normalized spacial score (nSPS) is 27.0. The van der Waals surface area contributed by atoms with Gasteiger partial charge in [-0.05, 0) is 13.3 Å². The number of carbonyl (C=O) groups is 3. The van der Waals surface area contributed by atoms with E-state index in [1.807, 2.05) is 6.92 Å². The van der Waals surface area contributed by atoms with Gasteiger partial charge in [-0.3, -0.25) is 14.5 Å². The Morgan fingerprint density at radius 3 is 2.64 bits per heavy atom. The molecule has 0 spiro atoms. The third kappa shape index (κ3) is 2.84. The summed E-state index contributed by atoms with van der Waals surface area (Å²) >= 11 is 2.64. The molecule has 3 aliphatic heterocycles. The Kier molecular flexibility index (Phi) is 5.02. The summed E-state index contributed by atoms with van der Waals surface area (Å²) in [6.07, 6.45) is 0.527. The Morgan fingerprint density at radius 1 is 1.36 bits per heavy atom. The first-order chi connectivity index (χ1) is 11.4. The molecular weight excluding hydrogens is 375 g/mol. The van der Waals surface area contributed by atoms with Crippen LogP contribution in [-0.4, -0.2) is 91.1 Å². The van der Waals surface area contributed by atoms with Crippen molar-refractivity contribution >= 4 is 70.4 Å². The standard InChI is InChI=1S/C14H14N4O4S2.Na.H/c1-5-15-16-14(23-5)24-8-3-7-4-17(6(2)19)11-9(7)18(12(11)20)10(8)13(21)22;;/h7,9,11H,3-4H2,1-2H3,(H,21,22);;/t7-,9-,11+;;/m1../s1. The first kappa shape index (κ1) is 18.8. The number of hydrogen-bond donors (Lipinski definition) is 1. The number of aryl methyl sites for hydroxylation is 1. The molecule has 0 radical (unpaired) electrons. The summed E-state index contributed by atoms with van der Waals surface area (Å²) in [5.41, 5.74) is 0.0285. The summed E-state index contributed by atoms with van der Waals surface area (Å²) in [6.45, 7) is 3.76. The molecule has 3 aliphatic rings. The third-order valence-electron chi connectivity index (χ3n) is 4.64. The summed E-state index contributed by atoms with van der Waals surface area (Å²) < 4.78 is 0.658. The van der Waals surface area contributed by atoms with Crippen LogP contribution >= 0.6 is 23.1 Å². The van der Waals surface area contributed by atoms with Gasteiger partial charge in [0.2, 0.25) is 5.91 Å². The molecule has 2 amide bonds. The molecule has 4 rings (SSSR count). The van der Waals surface area contributed by atoms with E-state index < -0.39 is 12.0 Å². The van der Waals surface area contributed by atoms with Crippen molar-refractivity contribution in [3.05, 3.63) is 15.6 Å². The number of β-lactam (4-membered cyclic amide) rings is 1. The van der Waals surface area contributed by atoms with E-state index in [4.69, 9.17) is 0 Å². The molecule has 1 aromatic heterocycles. The molecule has 0 aromatic carbocycles. The molecule has 4 heterocycles. The van der Waals surface area contributed by atoms with Gasteiger partial charge in [-0.1, -0.05) is 23.1 Å². The van der Waals surface area contributed by atoms with Crippen LogP contribution in [-0.2, 0) is 14.4 Å². The van der Waals surface area contributed by atoms with E-state index in [9.17, 15) is 19.5 Å². The van der Waals surface area contributed by atoms with Gasteiger partial charge in [0.15, 0.2) is 4.34 Å². The number of amides is 2. The number of hydrogen-bond acceptors (Lipinski definition) is 7. The van der Waals surface area contributed by atoms with Crippen LogP contribution in [0.5, 0.6) is 0 Å². The molecule has 0 unspecified atom stereocenters. The molecule has 2 saturated heterocycles. The van der Waals surface area contributed by atoms with Crippen LogP contribution in [0.15, 0.2) is 14.9 Å². The Bertz CT molecular complexity index is 811. The van der Waals surface area contributed by atoms with E-state index in [-0.39, 0.29) is 59.0 Å². The molecule has 1 aromatic rings. The molecule has 0 saturated carbocycles. The summed E-state index contributed by atoms with van der Waals surface area (Å²) in [7, 11) is 0. The summed E-state index contributed by atoms with van der Waals surface area (Å²) in [5.74, 6) is -1.50. The van der Waals surface area contributed by atoms with E-state index in [2.05, 4.69) is 10.2 Å². The molecule has 8 nitrogen and oxygen atoms in total. The molecule has 0 bridgehead atoms. The maximum absolute atomic E-state index is 12.5. The van der Waals surface area contributed by atoms with Crippen LogP contribution in [0.3, 0.4) is 0 Å². The molecule has 2 fully saturated rings. The number of carboxylic acids is 1. The number of carboxylic acid groups (broad SMARTS) is 1. The van der Waals surface area contributed by atoms with Crippen molar-refractivity contribution in [1.82, 2.24) is 20.0 Å². The Morgan fingerprint density at radius 2 is 2.08 bits per heavy atom. The zero-order valence-electron chi connectivity index (χ0n) is 12.9. The second kappa shape index (κ2) is 6.66. The molecule has 3 atom stereocenters. The van der Waals surface area contributed by atoms with Crippen LogP contribution in [0.25, 0.3) is 0 Å². The van der Waals surface area contributed by atoms with Gasteiger partial charge in [-0.15, -0.1) is 10.2 Å². The van der Waals surface area contributed by atoms with Crippen LogP contribution in [0.2, 0.25) is 0 Å². The van der Waals surface area contributed by atoms with E-state index >= 15 is 0 Å². The summed E-state index contributed by atoms with van der Waals surface area (Å²) in [5, 5.41) is 18.4. The van der Waals surface area contributed by atoms with Crippen molar-refractivity contribution < 1.29 is 19.5 Å². The van der Waals surface area contributed by atoms with E-state index in [0.29, 0.717) is 22.2 Å². The van der Waals surface area contributed by atoms with Crippen LogP contribution < -0.4 is 0 Å². The number of allylic oxidation sites excluding steroid dienone is 1. The van der Waals surface area contributed by atoms with Crippen molar-refractivity contribution in [2.24, 2.45) is 5.92 Å². The summed E-state index contributed by atoms with van der Waals surface area (Å²) in [4.78, 5) is 39.6. The second-order valence-electron chi connectivity index (χ2n) is 6.05. The first-order valence-electron chi connectivity index (χ1n) is 7.43. The zero-order valence-corrected chi connectivity index (χ0v) is 14.6. The number of likely N-dealkylation sites (tertiary alicyclic amines) is 1. The van der Waals surface area contributed by atoms with Crippen molar-refractivity contribution in [3.8, 4) is 0 Å². The molecule has 25 heavy (non-hydrogen) atoms. The van der Waals surface area contributed by atoms with Crippen molar-refractivity contribution in [2.75, 3.05) is 6.54 Å². The van der Waals surface area contributed by atoms with E-state index in [1.165, 1.54) is 34.9 Å². The Labute approximate surface area is 173 Å². The first-order valence-corrected chi connectivity index (χ1v) is 9.06. The number of aliphatic carboxylic acids is 1. The van der Waals surface area contributed by atoms with E-state index in [1.54, 1.807) is 4.90 Å². The Balaban J connectivity index is 0.00000182. The summed E-state index contributed by atoms with van der Waals surface area (Å²) in [6, 6.07) is -0.717. The van der Waals surface area contributed by atoms with Gasteiger partial charge < -0.3 is 10.0 Å². The number of aromatic nitrogens is 2. The zero-order chi connectivity index (χ0) is 17.2. The number of rotatable bonds is 3. The quantitative estimate of drug-likeness (QED) is 0.574. The van der Waals surface area contributed by atoms with Gasteiger partial charge in [0, 0.05) is 24.3 Å². The fraction of sp³-hybridized carbons (Fsp3) is 0.500. The average Bonchev–Trinajstić information content (AvgIpc) is 3.07. The van der Waals surface area contributed by atoms with Crippen LogP contribution in [0.1, 0.15) is 18.4 Å². The third-order valence-corrected chi connectivity index (χ3v) is 6.64. The van der Waals surface area contributed by atoms with Gasteiger partial charge in [0.05, 0.1) is 6.04 Å². The number of carbonyl (C=O) groups excluding carboxylic acids is 2. The minimum absolute atomic E-state index is 0. The topological polar surface area (TPSA) is 104 Å². The second-order valence-corrected chi connectivity index (χ2v) is 8.57. The maximum atomic E-state index is 12.5. The SMILES string of the molecule is CC(=O)N1C[C@H]2CC(Sc3nnc(C)s3)=C(C(=O)O)N3C(=O)[C@@H]1[C@@H]23.[NaH]. The Hall–Kier alpha value is -0.940. The van der Waals surface area contributed by atoms with Gasteiger partial charge in [0.25, 0.3) is 5.91 Å². The molecule has 128 valence electrons. The van der Waals surface area contributed by atoms with Crippen LogP contribution in [0, 0.1) is 12.8 Å². The molecule has 0 aliphatic carbocycles. The van der Waals surface area contributed by atoms with Crippen molar-refractivity contribution in [3.63, 3.8) is 0 Å². The van der Waals surface area contributed by atoms with Gasteiger partial charge in [-0.2, -0.15) is 0 Å². The monoisotopic (exact) mass is 390 g/mol. The van der Waals surface area contributed by atoms with Crippen molar-refractivity contribution in [2.45, 2.75) is 36.7 Å². The predicted molar refractivity (Wildman–Crippen MR) is 92.2 cm³/mol. The minimum atomic E-state index is -1.12. The van der Waals surface area contributed by atoms with Crippen LogP contribution in [0.4, 0.5) is 0 Å². The molecule has 1 N–H and O–H groups in total. The van der Waals surface area contributed by atoms with Gasteiger partial charge >= 0.3 is 35.5 Å². The van der Waals surface area contributed by atoms with Gasteiger partial charge in [0.1, 0.15) is 16.7 Å². The molecular formula is C14H15N4NaO4S2. The fourth-order valence-electron chi connectivity index (χ4n) is 3.73. The van der Waals surface area contributed by atoms with E-state index in [0.717, 1.165) is 5.01 Å². The fourth-order valence-corrected chi connectivity index (χ4v) is 5.85. The number of thioether (sulfide) groups is 1. The number of nitrogens with zero attached hydrogens (tertiary/aromatic N) is 4. The van der Waals surface area contributed by atoms with Gasteiger partial charge in [-0.25, -0.2) is 4.79 Å². The average molecular weight is 390 g/mol. The predicted octanol–water partition coefficient (Wildman–Crippen LogP) is 0.0477. The molecule has 11 heteroatoms. The van der Waals surface area contributed by atoms with Crippen molar-refractivity contribution in [1.29, 1.82) is 0 Å².